The van der Waals surface area contributed by atoms with Gasteiger partial charge in [0.25, 0.3) is 0 Å². The second-order valence-electron chi connectivity index (χ2n) is 9.35. The van der Waals surface area contributed by atoms with Gasteiger partial charge >= 0.3 is 11.7 Å². The molecule has 5 rings (SSSR count). The van der Waals surface area contributed by atoms with Crippen molar-refractivity contribution in [2.24, 2.45) is 5.73 Å². The van der Waals surface area contributed by atoms with Gasteiger partial charge in [0.2, 0.25) is 6.04 Å². The van der Waals surface area contributed by atoms with Crippen LogP contribution in [0.3, 0.4) is 0 Å². The summed E-state index contributed by atoms with van der Waals surface area (Å²) in [5, 5.41) is 3.40. The molecule has 37 heavy (non-hydrogen) atoms. The first-order chi connectivity index (χ1) is 18.2. The lowest BCUT2D eigenvalue weighted by molar-refractivity contribution is -0.552. The maximum absolute atomic E-state index is 13.4. The number of unbranched alkanes of at least 4 members (excludes halogenated alkanes) is 3. The minimum Gasteiger partial charge on any atom is -0.494 e. The zero-order valence-electron chi connectivity index (χ0n) is 20.9. The van der Waals surface area contributed by atoms with Crippen LogP contribution in [0.2, 0.25) is 0 Å². The monoisotopic (exact) mass is 497 g/mol. The number of anilines is 1. The summed E-state index contributed by atoms with van der Waals surface area (Å²) >= 11 is 0. The highest BCUT2D eigenvalue weighted by Gasteiger charge is 2.41. The average molecular weight is 498 g/mol. The number of rotatable bonds is 12. The number of hydrogen-bond donors (Lipinski definition) is 2. The number of furan rings is 1. The van der Waals surface area contributed by atoms with E-state index >= 15 is 0 Å². The van der Waals surface area contributed by atoms with Crippen molar-refractivity contribution in [3.05, 3.63) is 96.2 Å². The fourth-order valence-corrected chi connectivity index (χ4v) is 4.61. The summed E-state index contributed by atoms with van der Waals surface area (Å²) in [6.45, 7) is 1.44. The molecule has 190 valence electrons. The van der Waals surface area contributed by atoms with Gasteiger partial charge in [0.15, 0.2) is 0 Å². The quantitative estimate of drug-likeness (QED) is 0.216. The third-order valence-electron chi connectivity index (χ3n) is 6.58. The van der Waals surface area contributed by atoms with E-state index in [4.69, 9.17) is 19.9 Å². The van der Waals surface area contributed by atoms with Crippen molar-refractivity contribution in [2.75, 3.05) is 18.5 Å². The van der Waals surface area contributed by atoms with Crippen LogP contribution < -0.4 is 20.4 Å². The van der Waals surface area contributed by atoms with Gasteiger partial charge in [0.1, 0.15) is 29.1 Å². The summed E-state index contributed by atoms with van der Waals surface area (Å²) in [6.07, 6.45) is 8.89. The minimum absolute atomic E-state index is 0.0149. The minimum atomic E-state index is -0.404. The van der Waals surface area contributed by atoms with Crippen LogP contribution in [-0.4, -0.2) is 30.1 Å². The number of hydrogen-bond acceptors (Lipinski definition) is 6. The topological polar surface area (TPSA) is 94.3 Å². The van der Waals surface area contributed by atoms with Crippen LogP contribution >= 0.6 is 0 Å². The Kier molecular flexibility index (Phi) is 7.91. The highest BCUT2D eigenvalue weighted by Crippen LogP contribution is 2.26. The van der Waals surface area contributed by atoms with Crippen molar-refractivity contribution in [1.82, 2.24) is 4.98 Å². The van der Waals surface area contributed by atoms with Crippen molar-refractivity contribution >= 4 is 11.7 Å². The van der Waals surface area contributed by atoms with Crippen LogP contribution in [0.1, 0.15) is 47.5 Å². The molecule has 0 amide bonds. The Hall–Kier alpha value is -3.97. The first-order valence-electron chi connectivity index (χ1n) is 13.0. The van der Waals surface area contributed by atoms with Gasteiger partial charge in [-0.25, -0.2) is 9.78 Å². The summed E-state index contributed by atoms with van der Waals surface area (Å²) in [7, 11) is 0. The van der Waals surface area contributed by atoms with E-state index < -0.39 is 6.04 Å². The highest BCUT2D eigenvalue weighted by atomic mass is 16.5. The van der Waals surface area contributed by atoms with Crippen LogP contribution in [0.15, 0.2) is 83.6 Å². The standard InChI is InChI=1S/C30H32N4O3/c31-16-6-1-2-7-17-36-24-14-12-23(13-15-24)28-21-34-29(26(32-28)19-22-9-4-3-5-10-22)33-27(30(34)35)20-25-11-8-18-37-25/h3-5,8-15,18,21,27H,1-2,6-7,16-17,19-20,31H2/p+1. The molecule has 0 saturated heterocycles. The predicted molar refractivity (Wildman–Crippen MR) is 143 cm³/mol. The molecule has 3 heterocycles. The van der Waals surface area contributed by atoms with Crippen molar-refractivity contribution in [3.63, 3.8) is 0 Å². The molecule has 1 atom stereocenters. The van der Waals surface area contributed by atoms with Crippen molar-refractivity contribution in [3.8, 4) is 17.0 Å². The zero-order valence-corrected chi connectivity index (χ0v) is 20.9. The van der Waals surface area contributed by atoms with Gasteiger partial charge in [-0.2, -0.15) is 4.57 Å². The summed E-state index contributed by atoms with van der Waals surface area (Å²) in [6, 6.07) is 21.4. The number of carbonyl (C=O) groups excluding carboxylic acids is 1. The Morgan fingerprint density at radius 3 is 2.54 bits per heavy atom. The summed E-state index contributed by atoms with van der Waals surface area (Å²) in [5.41, 5.74) is 9.20. The molecule has 0 aliphatic carbocycles. The SMILES string of the molecule is NCCCCCCOc1ccc(-c2c[n+]3c(c(Cc4ccccc4)n2)NC(Cc2ccco2)C3=O)cc1. The summed E-state index contributed by atoms with van der Waals surface area (Å²) in [4.78, 5) is 18.4. The molecule has 7 nitrogen and oxygen atoms in total. The highest BCUT2D eigenvalue weighted by molar-refractivity contribution is 5.82. The Bertz CT molecular complexity index is 1300. The molecule has 1 aliphatic heterocycles. The molecule has 0 radical (unpaired) electrons. The zero-order chi connectivity index (χ0) is 25.5. The number of aromatic nitrogens is 2. The maximum Gasteiger partial charge on any atom is 0.359 e. The van der Waals surface area contributed by atoms with Gasteiger partial charge in [-0.3, -0.25) is 5.32 Å². The first-order valence-corrected chi connectivity index (χ1v) is 13.0. The summed E-state index contributed by atoms with van der Waals surface area (Å²) in [5.74, 6) is 2.33. The van der Waals surface area contributed by atoms with Crippen LogP contribution in [0.4, 0.5) is 5.82 Å². The van der Waals surface area contributed by atoms with E-state index in [1.807, 2.05) is 60.8 Å². The summed E-state index contributed by atoms with van der Waals surface area (Å²) < 4.78 is 13.1. The van der Waals surface area contributed by atoms with E-state index in [1.54, 1.807) is 10.8 Å². The smallest absolute Gasteiger partial charge is 0.359 e. The van der Waals surface area contributed by atoms with E-state index in [1.165, 1.54) is 0 Å². The lowest BCUT2D eigenvalue weighted by atomic mass is 10.1. The predicted octanol–water partition coefficient (Wildman–Crippen LogP) is 4.79. The fourth-order valence-electron chi connectivity index (χ4n) is 4.61. The Labute approximate surface area is 217 Å². The lowest BCUT2D eigenvalue weighted by Crippen LogP contribution is -2.44. The van der Waals surface area contributed by atoms with E-state index in [9.17, 15) is 4.79 Å². The van der Waals surface area contributed by atoms with Gasteiger partial charge in [0.05, 0.1) is 19.3 Å². The molecule has 4 aromatic rings. The lowest BCUT2D eigenvalue weighted by Gasteiger charge is -2.09. The maximum atomic E-state index is 13.4. The number of carbonyl (C=O) groups is 1. The van der Waals surface area contributed by atoms with E-state index in [0.29, 0.717) is 19.4 Å². The second-order valence-corrected chi connectivity index (χ2v) is 9.35. The number of nitrogens with zero attached hydrogens (tertiary/aromatic N) is 2. The van der Waals surface area contributed by atoms with E-state index in [2.05, 4.69) is 17.4 Å². The van der Waals surface area contributed by atoms with Gasteiger partial charge in [-0.05, 0) is 61.3 Å². The Balaban J connectivity index is 1.37. The molecule has 0 saturated carbocycles. The van der Waals surface area contributed by atoms with Crippen molar-refractivity contribution in [2.45, 2.75) is 44.6 Å². The number of fused-ring (bicyclic) bond motifs is 1. The molecule has 2 aromatic heterocycles. The Morgan fingerprint density at radius 2 is 1.78 bits per heavy atom. The van der Waals surface area contributed by atoms with Gasteiger partial charge in [0, 0.05) is 12.0 Å². The van der Waals surface area contributed by atoms with Crippen molar-refractivity contribution < 1.29 is 18.5 Å². The second kappa shape index (κ2) is 11.8. The third kappa shape index (κ3) is 6.06. The van der Waals surface area contributed by atoms with Crippen LogP contribution in [-0.2, 0) is 12.8 Å². The normalized spacial score (nSPS) is 14.4. The fraction of sp³-hybridized carbons (Fsp3) is 0.300. The molecular weight excluding hydrogens is 464 g/mol. The largest absolute Gasteiger partial charge is 0.494 e. The number of nitrogens with one attached hydrogen (secondary N) is 1. The molecular formula is C30H33N4O3+. The molecule has 0 bridgehead atoms. The number of benzene rings is 2. The molecule has 1 aliphatic rings. The van der Waals surface area contributed by atoms with E-state index in [-0.39, 0.29) is 5.91 Å². The number of nitrogens with two attached hydrogens (primary N) is 1. The molecule has 3 N–H and O–H groups in total. The van der Waals surface area contributed by atoms with Gasteiger partial charge < -0.3 is 14.9 Å². The molecule has 1 unspecified atom stereocenters. The first kappa shape index (κ1) is 24.7. The van der Waals surface area contributed by atoms with Crippen LogP contribution in [0, 0.1) is 0 Å². The Morgan fingerprint density at radius 1 is 0.973 bits per heavy atom. The molecule has 2 aromatic carbocycles. The average Bonchev–Trinajstić information content (AvgIpc) is 3.55. The molecule has 7 heteroatoms. The molecule has 0 fully saturated rings. The van der Waals surface area contributed by atoms with E-state index in [0.717, 1.165) is 72.1 Å². The third-order valence-corrected chi connectivity index (χ3v) is 6.58. The van der Waals surface area contributed by atoms with Crippen molar-refractivity contribution in [1.29, 1.82) is 0 Å². The molecule has 0 spiro atoms. The number of ether oxygens (including phenoxy) is 1. The van der Waals surface area contributed by atoms with Gasteiger partial charge in [-0.1, -0.05) is 43.2 Å². The van der Waals surface area contributed by atoms with Gasteiger partial charge in [-0.15, -0.1) is 0 Å². The van der Waals surface area contributed by atoms with Crippen LogP contribution in [0.25, 0.3) is 11.3 Å². The van der Waals surface area contributed by atoms with Crippen LogP contribution in [0.5, 0.6) is 5.75 Å².